The van der Waals surface area contributed by atoms with Crippen molar-refractivity contribution in [3.63, 3.8) is 0 Å². The Morgan fingerprint density at radius 2 is 1.90 bits per heavy atom. The Labute approximate surface area is 122 Å². The summed E-state index contributed by atoms with van der Waals surface area (Å²) in [4.78, 5) is 11.1. The van der Waals surface area contributed by atoms with Crippen LogP contribution in [0.3, 0.4) is 0 Å². The first-order valence-corrected chi connectivity index (χ1v) is 7.50. The van der Waals surface area contributed by atoms with Gasteiger partial charge in [-0.25, -0.2) is 4.79 Å². The number of carbonyl (C=O) groups excluding carboxylic acids is 1. The molecule has 0 saturated carbocycles. The predicted molar refractivity (Wildman–Crippen MR) is 75.9 cm³/mol. The maximum Gasteiger partial charge on any atom is 0.412 e. The van der Waals surface area contributed by atoms with Gasteiger partial charge >= 0.3 is 6.09 Å². The van der Waals surface area contributed by atoms with Gasteiger partial charge in [0.1, 0.15) is 10.5 Å². The van der Waals surface area contributed by atoms with Crippen molar-refractivity contribution < 1.29 is 22.5 Å². The van der Waals surface area contributed by atoms with E-state index in [0.717, 1.165) is 0 Å². The minimum Gasteiger partial charge on any atom is -0.444 e. The summed E-state index contributed by atoms with van der Waals surface area (Å²) >= 11 is 5.87. The highest BCUT2D eigenvalue weighted by atomic mass is 35.5. The molecule has 6 nitrogen and oxygen atoms in total. The van der Waals surface area contributed by atoms with E-state index in [-0.39, 0.29) is 10.7 Å². The minimum absolute atomic E-state index is 0.141. The van der Waals surface area contributed by atoms with Gasteiger partial charge in [-0.1, -0.05) is 17.7 Å². The van der Waals surface area contributed by atoms with E-state index in [9.17, 15) is 17.8 Å². The molecule has 0 aliphatic rings. The monoisotopic (exact) mass is 321 g/mol. The second kappa shape index (κ2) is 5.59. The minimum atomic E-state index is -4.58. The van der Waals surface area contributed by atoms with Crippen LogP contribution < -0.4 is 5.32 Å². The molecule has 0 atom stereocenters. The largest absolute Gasteiger partial charge is 0.444 e. The maximum absolute atomic E-state index is 11.7. The van der Waals surface area contributed by atoms with Gasteiger partial charge in [-0.05, 0) is 39.3 Å². The van der Waals surface area contributed by atoms with Crippen molar-refractivity contribution in [3.05, 3.63) is 22.7 Å². The molecule has 1 aromatic carbocycles. The Morgan fingerprint density at radius 3 is 2.35 bits per heavy atom. The summed E-state index contributed by atoms with van der Waals surface area (Å²) in [5.41, 5.74) is -0.428. The number of hydrogen-bond acceptors (Lipinski definition) is 4. The molecule has 8 heteroatoms. The van der Waals surface area contributed by atoms with Crippen molar-refractivity contribution >= 4 is 33.5 Å². The third-order valence-electron chi connectivity index (χ3n) is 2.18. The lowest BCUT2D eigenvalue weighted by Gasteiger charge is -2.20. The summed E-state index contributed by atoms with van der Waals surface area (Å²) in [5, 5.41) is 2.11. The molecule has 1 rings (SSSR count). The molecule has 0 aliphatic carbocycles. The molecule has 2 N–H and O–H groups in total. The van der Waals surface area contributed by atoms with Crippen molar-refractivity contribution in [2.45, 2.75) is 38.2 Å². The summed E-state index contributed by atoms with van der Waals surface area (Å²) in [6.45, 7) is 6.57. The second-order valence-corrected chi connectivity index (χ2v) is 6.91. The highest BCUT2D eigenvalue weighted by molar-refractivity contribution is 7.86. The van der Waals surface area contributed by atoms with E-state index >= 15 is 0 Å². The molecule has 0 aromatic heterocycles. The lowest BCUT2D eigenvalue weighted by molar-refractivity contribution is 0.0635. The fourth-order valence-corrected chi connectivity index (χ4v) is 2.66. The third-order valence-corrected chi connectivity index (χ3v) is 3.72. The number of carbonyl (C=O) groups is 1. The number of aryl methyl sites for hydroxylation is 1. The van der Waals surface area contributed by atoms with Crippen molar-refractivity contribution in [2.24, 2.45) is 0 Å². The molecule has 0 bridgehead atoms. The first-order valence-electron chi connectivity index (χ1n) is 5.68. The van der Waals surface area contributed by atoms with Crippen LogP contribution in [0, 0.1) is 6.92 Å². The summed E-state index contributed by atoms with van der Waals surface area (Å²) in [6.07, 6.45) is -0.845. The van der Waals surface area contributed by atoms with Crippen LogP contribution in [0.2, 0.25) is 5.02 Å². The Balaban J connectivity index is 3.21. The van der Waals surface area contributed by atoms with E-state index < -0.39 is 26.7 Å². The summed E-state index contributed by atoms with van der Waals surface area (Å²) in [5.74, 6) is 0. The van der Waals surface area contributed by atoms with Gasteiger partial charge in [0.25, 0.3) is 10.1 Å². The number of hydrogen-bond donors (Lipinski definition) is 2. The highest BCUT2D eigenvalue weighted by Crippen LogP contribution is 2.32. The normalized spacial score (nSPS) is 12.1. The van der Waals surface area contributed by atoms with Crippen molar-refractivity contribution in [2.75, 3.05) is 5.32 Å². The van der Waals surface area contributed by atoms with Crippen molar-refractivity contribution in [1.29, 1.82) is 0 Å². The molecule has 0 unspecified atom stereocenters. The predicted octanol–water partition coefficient (Wildman–Crippen LogP) is 3.24. The van der Waals surface area contributed by atoms with Crippen LogP contribution >= 0.6 is 11.6 Å². The standard InChI is InChI=1S/C12H16ClNO5S/c1-7-5-6-8(10(9(7)13)20(16,17)18)14-11(15)19-12(2,3)4/h5-6H,1-4H3,(H,14,15)(H,16,17,18). The fraction of sp³-hybridized carbons (Fsp3) is 0.417. The summed E-state index contributed by atoms with van der Waals surface area (Å²) < 4.78 is 37.0. The molecule has 0 heterocycles. The zero-order valence-corrected chi connectivity index (χ0v) is 13.1. The van der Waals surface area contributed by atoms with Gasteiger partial charge in [0.05, 0.1) is 10.7 Å². The Hall–Kier alpha value is -1.31. The van der Waals surface area contributed by atoms with E-state index in [1.807, 2.05) is 0 Å². The van der Waals surface area contributed by atoms with Crippen molar-refractivity contribution in [1.82, 2.24) is 0 Å². The number of amides is 1. The lowest BCUT2D eigenvalue weighted by atomic mass is 10.2. The number of benzene rings is 1. The van der Waals surface area contributed by atoms with Gasteiger partial charge in [-0.2, -0.15) is 8.42 Å². The van der Waals surface area contributed by atoms with E-state index in [1.165, 1.54) is 12.1 Å². The Kier molecular flexibility index (Phi) is 4.68. The summed E-state index contributed by atoms with van der Waals surface area (Å²) in [6, 6.07) is 2.85. The maximum atomic E-state index is 11.7. The van der Waals surface area contributed by atoms with E-state index in [0.29, 0.717) is 5.56 Å². The number of halogens is 1. The number of ether oxygens (including phenoxy) is 1. The first kappa shape index (κ1) is 16.7. The quantitative estimate of drug-likeness (QED) is 0.816. The van der Waals surface area contributed by atoms with E-state index in [2.05, 4.69) is 5.32 Å². The summed E-state index contributed by atoms with van der Waals surface area (Å²) in [7, 11) is -4.58. The molecule has 1 aromatic rings. The third kappa shape index (κ3) is 4.36. The van der Waals surface area contributed by atoms with Crippen LogP contribution in [0.5, 0.6) is 0 Å². The zero-order valence-electron chi connectivity index (χ0n) is 11.5. The molecule has 1 amide bonds. The zero-order chi connectivity index (χ0) is 15.7. The molecule has 20 heavy (non-hydrogen) atoms. The lowest BCUT2D eigenvalue weighted by Crippen LogP contribution is -2.27. The van der Waals surface area contributed by atoms with Crippen LogP contribution in [-0.2, 0) is 14.9 Å². The molecule has 0 radical (unpaired) electrons. The molecule has 0 fully saturated rings. The molecule has 112 valence electrons. The van der Waals surface area contributed by atoms with Crippen molar-refractivity contribution in [3.8, 4) is 0 Å². The van der Waals surface area contributed by atoms with E-state index in [4.69, 9.17) is 16.3 Å². The average Bonchev–Trinajstić information content (AvgIpc) is 2.18. The highest BCUT2D eigenvalue weighted by Gasteiger charge is 2.24. The fourth-order valence-electron chi connectivity index (χ4n) is 1.42. The van der Waals surface area contributed by atoms with Gasteiger partial charge < -0.3 is 4.74 Å². The van der Waals surface area contributed by atoms with Crippen LogP contribution in [0.15, 0.2) is 17.0 Å². The number of rotatable bonds is 2. The molecule has 0 aliphatic heterocycles. The van der Waals surface area contributed by atoms with Gasteiger partial charge in [0.2, 0.25) is 0 Å². The van der Waals surface area contributed by atoms with Gasteiger partial charge in [-0.3, -0.25) is 9.87 Å². The van der Waals surface area contributed by atoms with Crippen LogP contribution in [0.1, 0.15) is 26.3 Å². The first-order chi connectivity index (χ1) is 8.92. The van der Waals surface area contributed by atoms with Crippen LogP contribution in [0.25, 0.3) is 0 Å². The number of nitrogens with one attached hydrogen (secondary N) is 1. The Morgan fingerprint density at radius 1 is 1.35 bits per heavy atom. The molecular weight excluding hydrogens is 306 g/mol. The van der Waals surface area contributed by atoms with Gasteiger partial charge in [0.15, 0.2) is 0 Å². The van der Waals surface area contributed by atoms with Gasteiger partial charge in [0, 0.05) is 0 Å². The number of anilines is 1. The van der Waals surface area contributed by atoms with Crippen LogP contribution in [0.4, 0.5) is 10.5 Å². The average molecular weight is 322 g/mol. The second-order valence-electron chi connectivity index (χ2n) is 5.18. The SMILES string of the molecule is Cc1ccc(NC(=O)OC(C)(C)C)c(S(=O)(=O)O)c1Cl. The van der Waals surface area contributed by atoms with E-state index in [1.54, 1.807) is 27.7 Å². The molecule has 0 saturated heterocycles. The smallest absolute Gasteiger partial charge is 0.412 e. The topological polar surface area (TPSA) is 92.7 Å². The molecule has 0 spiro atoms. The van der Waals surface area contributed by atoms with Gasteiger partial charge in [-0.15, -0.1) is 0 Å². The van der Waals surface area contributed by atoms with Crippen LogP contribution in [-0.4, -0.2) is 24.7 Å². The molecular formula is C12H16ClNO5S. The Bertz CT molecular complexity index is 634.